The zero-order valence-corrected chi connectivity index (χ0v) is 17.1. The van der Waals surface area contributed by atoms with E-state index in [0.717, 1.165) is 35.6 Å². The van der Waals surface area contributed by atoms with E-state index in [-0.39, 0.29) is 25.3 Å². The molecule has 2 heterocycles. The number of para-hydroxylation sites is 1. The smallest absolute Gasteiger partial charge is 0.359 e. The number of amides is 1. The lowest BCUT2D eigenvalue weighted by atomic mass is 10.2. The third-order valence-electron chi connectivity index (χ3n) is 3.76. The number of hydrazone groups is 1. The fourth-order valence-electron chi connectivity index (χ4n) is 2.43. The summed E-state index contributed by atoms with van der Waals surface area (Å²) in [6.07, 6.45) is 0. The molecule has 9 nitrogen and oxygen atoms in total. The van der Waals surface area contributed by atoms with Gasteiger partial charge in [-0.15, -0.1) is 0 Å². The first-order valence-corrected chi connectivity index (χ1v) is 9.63. The van der Waals surface area contributed by atoms with Crippen molar-refractivity contribution < 1.29 is 33.4 Å². The predicted molar refractivity (Wildman–Crippen MR) is 107 cm³/mol. The number of rotatable bonds is 4. The van der Waals surface area contributed by atoms with Gasteiger partial charge in [0.05, 0.1) is 36.8 Å². The molecule has 1 amide bonds. The maximum atomic E-state index is 13.1. The van der Waals surface area contributed by atoms with Crippen LogP contribution in [0, 0.1) is 0 Å². The molecule has 0 radical (unpaired) electrons. The van der Waals surface area contributed by atoms with Crippen LogP contribution in [-0.4, -0.2) is 50.9 Å². The number of hydrogen-bond acceptors (Lipinski definition) is 10. The Labute approximate surface area is 173 Å². The van der Waals surface area contributed by atoms with E-state index in [0.29, 0.717) is 5.69 Å². The molecule has 0 aliphatic carbocycles. The van der Waals surface area contributed by atoms with Gasteiger partial charge in [-0.1, -0.05) is 41.7 Å². The Morgan fingerprint density at radius 2 is 1.38 bits per heavy atom. The van der Waals surface area contributed by atoms with Gasteiger partial charge in [-0.25, -0.2) is 14.4 Å². The fourth-order valence-corrected chi connectivity index (χ4v) is 4.97. The SMILES string of the molecule is COC(=O)C1=NN(c2ccccc2)C(=O)C1=C1SC(C(=O)OC)=C(C(=O)OC)S1. The monoisotopic (exact) mass is 434 g/mol. The topological polar surface area (TPSA) is 112 Å². The Morgan fingerprint density at radius 1 is 0.862 bits per heavy atom. The van der Waals surface area contributed by atoms with Crippen LogP contribution in [0.4, 0.5) is 5.69 Å². The van der Waals surface area contributed by atoms with Gasteiger partial charge in [0, 0.05) is 0 Å². The summed E-state index contributed by atoms with van der Waals surface area (Å²) in [6.45, 7) is 0. The van der Waals surface area contributed by atoms with E-state index in [1.165, 1.54) is 14.2 Å². The molecule has 0 N–H and O–H groups in total. The lowest BCUT2D eigenvalue weighted by Gasteiger charge is -2.11. The van der Waals surface area contributed by atoms with Crippen molar-refractivity contribution in [2.45, 2.75) is 0 Å². The summed E-state index contributed by atoms with van der Waals surface area (Å²) in [5.74, 6) is -2.95. The van der Waals surface area contributed by atoms with Gasteiger partial charge in [-0.3, -0.25) is 4.79 Å². The average molecular weight is 434 g/mol. The van der Waals surface area contributed by atoms with Crippen molar-refractivity contribution in [3.05, 3.63) is 50.0 Å². The van der Waals surface area contributed by atoms with Crippen LogP contribution in [0.3, 0.4) is 0 Å². The number of esters is 3. The van der Waals surface area contributed by atoms with Crippen LogP contribution in [0.25, 0.3) is 0 Å². The summed E-state index contributed by atoms with van der Waals surface area (Å²) in [6, 6.07) is 8.50. The quantitative estimate of drug-likeness (QED) is 0.398. The molecular weight excluding hydrogens is 420 g/mol. The second kappa shape index (κ2) is 8.53. The second-order valence-corrected chi connectivity index (χ2v) is 7.70. The molecule has 0 unspecified atom stereocenters. The highest BCUT2D eigenvalue weighted by Gasteiger charge is 2.43. The van der Waals surface area contributed by atoms with E-state index < -0.39 is 23.8 Å². The normalized spacial score (nSPS) is 16.2. The van der Waals surface area contributed by atoms with Crippen LogP contribution in [-0.2, 0) is 33.4 Å². The van der Waals surface area contributed by atoms with E-state index in [4.69, 9.17) is 14.2 Å². The van der Waals surface area contributed by atoms with E-state index in [1.54, 1.807) is 30.3 Å². The largest absolute Gasteiger partial charge is 0.465 e. The average Bonchev–Trinajstić information content (AvgIpc) is 3.34. The first-order chi connectivity index (χ1) is 13.9. The minimum absolute atomic E-state index is 0.0398. The molecule has 3 rings (SSSR count). The molecule has 0 bridgehead atoms. The number of thioether (sulfide) groups is 2. The van der Waals surface area contributed by atoms with Gasteiger partial charge in [0.25, 0.3) is 5.91 Å². The molecule has 1 aromatic rings. The molecule has 0 spiro atoms. The number of hydrogen-bond donors (Lipinski definition) is 0. The number of nitrogens with zero attached hydrogens (tertiary/aromatic N) is 2. The van der Waals surface area contributed by atoms with Crippen molar-refractivity contribution in [1.82, 2.24) is 0 Å². The van der Waals surface area contributed by atoms with Gasteiger partial charge < -0.3 is 14.2 Å². The van der Waals surface area contributed by atoms with Crippen molar-refractivity contribution in [3.63, 3.8) is 0 Å². The van der Waals surface area contributed by atoms with E-state index in [2.05, 4.69) is 5.10 Å². The summed E-state index contributed by atoms with van der Waals surface area (Å²) in [5, 5.41) is 5.17. The molecule has 29 heavy (non-hydrogen) atoms. The van der Waals surface area contributed by atoms with Gasteiger partial charge in [-0.2, -0.15) is 10.1 Å². The van der Waals surface area contributed by atoms with Crippen LogP contribution in [0.15, 0.2) is 55.1 Å². The Balaban J connectivity index is 2.08. The van der Waals surface area contributed by atoms with Crippen LogP contribution < -0.4 is 5.01 Å². The Hall–Kier alpha value is -3.05. The minimum atomic E-state index is -0.827. The Bertz CT molecular complexity index is 969. The minimum Gasteiger partial charge on any atom is -0.465 e. The summed E-state index contributed by atoms with van der Waals surface area (Å²) in [5.41, 5.74) is 0.138. The van der Waals surface area contributed by atoms with Gasteiger partial charge in [0.1, 0.15) is 9.81 Å². The molecule has 0 fully saturated rings. The summed E-state index contributed by atoms with van der Waals surface area (Å²) >= 11 is 1.67. The summed E-state index contributed by atoms with van der Waals surface area (Å²) in [7, 11) is 3.50. The molecule has 0 atom stereocenters. The van der Waals surface area contributed by atoms with E-state index in [9.17, 15) is 19.2 Å². The van der Waals surface area contributed by atoms with Gasteiger partial charge >= 0.3 is 17.9 Å². The van der Waals surface area contributed by atoms with Crippen molar-refractivity contribution in [2.24, 2.45) is 5.10 Å². The molecule has 2 aliphatic heterocycles. The molecule has 0 saturated heterocycles. The predicted octanol–water partition coefficient (Wildman–Crippen LogP) is 1.81. The lowest BCUT2D eigenvalue weighted by molar-refractivity contribution is -0.138. The molecule has 11 heteroatoms. The number of benzene rings is 1. The molecule has 1 aromatic carbocycles. The molecule has 0 saturated carbocycles. The maximum Gasteiger partial charge on any atom is 0.359 e. The van der Waals surface area contributed by atoms with Crippen LogP contribution >= 0.6 is 23.5 Å². The highest BCUT2D eigenvalue weighted by molar-refractivity contribution is 8.29. The number of ether oxygens (including phenoxy) is 3. The summed E-state index contributed by atoms with van der Waals surface area (Å²) < 4.78 is 14.4. The number of methoxy groups -OCH3 is 3. The lowest BCUT2D eigenvalue weighted by Crippen LogP contribution is -2.23. The van der Waals surface area contributed by atoms with Gasteiger partial charge in [-0.05, 0) is 12.1 Å². The van der Waals surface area contributed by atoms with Crippen molar-refractivity contribution >= 4 is 58.7 Å². The zero-order valence-electron chi connectivity index (χ0n) is 15.5. The second-order valence-electron chi connectivity index (χ2n) is 5.40. The molecule has 2 aliphatic rings. The van der Waals surface area contributed by atoms with Crippen LogP contribution in [0.5, 0.6) is 0 Å². The maximum absolute atomic E-state index is 13.1. The van der Waals surface area contributed by atoms with Crippen molar-refractivity contribution in [1.29, 1.82) is 0 Å². The van der Waals surface area contributed by atoms with Gasteiger partial charge in [0.2, 0.25) is 0 Å². The molecule has 150 valence electrons. The zero-order chi connectivity index (χ0) is 21.1. The molecule has 0 aromatic heterocycles. The van der Waals surface area contributed by atoms with Crippen LogP contribution in [0.1, 0.15) is 0 Å². The van der Waals surface area contributed by atoms with Gasteiger partial charge in [0.15, 0.2) is 5.71 Å². The molecular formula is C18H14N2O7S2. The number of carbonyl (C=O) groups excluding carboxylic acids is 4. The van der Waals surface area contributed by atoms with Crippen LogP contribution in [0.2, 0.25) is 0 Å². The van der Waals surface area contributed by atoms with E-state index >= 15 is 0 Å². The highest BCUT2D eigenvalue weighted by atomic mass is 32.2. The Kier molecular flexibility index (Phi) is 6.09. The fraction of sp³-hybridized carbons (Fsp3) is 0.167. The van der Waals surface area contributed by atoms with E-state index in [1.807, 2.05) is 0 Å². The first-order valence-electron chi connectivity index (χ1n) is 8.00. The summed E-state index contributed by atoms with van der Waals surface area (Å²) in [4.78, 5) is 49.4. The number of anilines is 1. The van der Waals surface area contributed by atoms with Crippen molar-refractivity contribution in [3.8, 4) is 0 Å². The third-order valence-corrected chi connectivity index (χ3v) is 6.32. The standard InChI is InChI=1S/C18H14N2O7S2/c1-25-15(22)11-10(14(21)20(19-11)9-7-5-4-6-8-9)18-28-12(16(23)26-2)13(29-18)17(24)27-3/h4-8H,1-3H3. The van der Waals surface area contributed by atoms with Crippen molar-refractivity contribution in [2.75, 3.05) is 26.3 Å². The number of carbonyl (C=O) groups is 4. The first kappa shape index (κ1) is 20.7. The highest BCUT2D eigenvalue weighted by Crippen LogP contribution is 2.52. The Morgan fingerprint density at radius 3 is 1.86 bits per heavy atom. The third kappa shape index (κ3) is 3.78.